The molecular formula is C20H37NO. The zero-order valence-corrected chi connectivity index (χ0v) is 15.3. The van der Waals surface area contributed by atoms with Crippen molar-refractivity contribution in [3.8, 4) is 0 Å². The van der Waals surface area contributed by atoms with Crippen LogP contribution in [0.25, 0.3) is 0 Å². The maximum absolute atomic E-state index is 12.1. The summed E-state index contributed by atoms with van der Waals surface area (Å²) < 4.78 is 0. The molecular weight excluding hydrogens is 270 g/mol. The number of nitrogens with zero attached hydrogens (tertiary/aromatic N) is 1. The van der Waals surface area contributed by atoms with Crippen LogP contribution in [0.4, 0.5) is 0 Å². The monoisotopic (exact) mass is 307 g/mol. The Morgan fingerprint density at radius 2 is 1.59 bits per heavy atom. The Balaban J connectivity index is 1.68. The van der Waals surface area contributed by atoms with Crippen molar-refractivity contribution >= 4 is 5.78 Å². The molecule has 0 N–H and O–H groups in total. The molecule has 128 valence electrons. The summed E-state index contributed by atoms with van der Waals surface area (Å²) >= 11 is 0. The number of ketones is 1. The molecule has 22 heavy (non-hydrogen) atoms. The zero-order valence-electron chi connectivity index (χ0n) is 15.3. The van der Waals surface area contributed by atoms with Crippen molar-refractivity contribution < 1.29 is 4.79 Å². The van der Waals surface area contributed by atoms with Crippen LogP contribution >= 0.6 is 0 Å². The topological polar surface area (TPSA) is 20.3 Å². The Morgan fingerprint density at radius 3 is 2.09 bits per heavy atom. The third-order valence-electron chi connectivity index (χ3n) is 6.42. The maximum atomic E-state index is 12.1. The normalized spacial score (nSPS) is 29.7. The van der Waals surface area contributed by atoms with E-state index in [2.05, 4.69) is 18.7 Å². The zero-order chi connectivity index (χ0) is 16.1. The third kappa shape index (κ3) is 4.81. The van der Waals surface area contributed by atoms with Crippen molar-refractivity contribution in [2.24, 2.45) is 29.6 Å². The van der Waals surface area contributed by atoms with Crippen molar-refractivity contribution in [2.75, 3.05) is 19.6 Å². The lowest BCUT2D eigenvalue weighted by Crippen LogP contribution is -2.40. The lowest BCUT2D eigenvalue weighted by atomic mass is 9.75. The van der Waals surface area contributed by atoms with Gasteiger partial charge in [0.1, 0.15) is 5.78 Å². The highest BCUT2D eigenvalue weighted by atomic mass is 16.1. The number of rotatable bonds is 6. The average Bonchev–Trinajstić information content (AvgIpc) is 2.54. The minimum atomic E-state index is 0.215. The van der Waals surface area contributed by atoms with Gasteiger partial charge < -0.3 is 4.90 Å². The van der Waals surface area contributed by atoms with Gasteiger partial charge >= 0.3 is 0 Å². The van der Waals surface area contributed by atoms with E-state index >= 15 is 0 Å². The predicted octanol–water partition coefficient (Wildman–Crippen LogP) is 4.78. The number of hydrogen-bond donors (Lipinski definition) is 0. The van der Waals surface area contributed by atoms with E-state index in [1.165, 1.54) is 38.6 Å². The van der Waals surface area contributed by atoms with Gasteiger partial charge in [-0.15, -0.1) is 0 Å². The first-order valence-electron chi connectivity index (χ1n) is 9.77. The van der Waals surface area contributed by atoms with Gasteiger partial charge in [-0.1, -0.05) is 34.1 Å². The van der Waals surface area contributed by atoms with E-state index in [0.29, 0.717) is 11.7 Å². The smallest absolute Gasteiger partial charge is 0.138 e. The van der Waals surface area contributed by atoms with E-state index in [4.69, 9.17) is 0 Å². The number of piperidine rings is 1. The van der Waals surface area contributed by atoms with Crippen molar-refractivity contribution in [3.63, 3.8) is 0 Å². The number of hydrogen-bond acceptors (Lipinski definition) is 2. The molecule has 0 radical (unpaired) electrons. The Kier molecular flexibility index (Phi) is 6.92. The van der Waals surface area contributed by atoms with Crippen LogP contribution in [0.3, 0.4) is 0 Å². The van der Waals surface area contributed by atoms with Crippen LogP contribution in [-0.4, -0.2) is 30.3 Å². The largest absolute Gasteiger partial charge is 0.303 e. The van der Waals surface area contributed by atoms with Crippen LogP contribution in [-0.2, 0) is 4.79 Å². The molecule has 0 spiro atoms. The molecule has 0 bridgehead atoms. The number of carbonyl (C=O) groups excluding carboxylic acids is 1. The summed E-state index contributed by atoms with van der Waals surface area (Å²) in [5.74, 6) is 3.87. The van der Waals surface area contributed by atoms with Crippen molar-refractivity contribution in [1.29, 1.82) is 0 Å². The van der Waals surface area contributed by atoms with E-state index in [9.17, 15) is 4.79 Å². The minimum Gasteiger partial charge on any atom is -0.303 e. The molecule has 2 rings (SSSR count). The molecule has 1 aliphatic heterocycles. The maximum Gasteiger partial charge on any atom is 0.138 e. The van der Waals surface area contributed by atoms with Gasteiger partial charge in [0.05, 0.1) is 0 Å². The first kappa shape index (κ1) is 18.0. The highest BCUT2D eigenvalue weighted by molar-refractivity contribution is 5.82. The van der Waals surface area contributed by atoms with E-state index in [0.717, 1.165) is 43.7 Å². The van der Waals surface area contributed by atoms with Gasteiger partial charge in [-0.05, 0) is 69.4 Å². The van der Waals surface area contributed by atoms with Gasteiger partial charge in [-0.2, -0.15) is 0 Å². The van der Waals surface area contributed by atoms with Crippen LogP contribution in [0.1, 0.15) is 72.6 Å². The van der Waals surface area contributed by atoms with Gasteiger partial charge in [-0.3, -0.25) is 4.79 Å². The number of carbonyl (C=O) groups is 1. The molecule has 1 atom stereocenters. The summed E-state index contributed by atoms with van der Waals surface area (Å²) in [4.78, 5) is 14.7. The highest BCUT2D eigenvalue weighted by Gasteiger charge is 2.29. The average molecular weight is 308 g/mol. The van der Waals surface area contributed by atoms with Gasteiger partial charge in [0.2, 0.25) is 0 Å². The molecule has 0 aromatic rings. The molecule has 2 nitrogen and oxygen atoms in total. The summed E-state index contributed by atoms with van der Waals surface area (Å²) in [6.07, 6.45) is 9.29. The molecule has 1 heterocycles. The molecule has 1 saturated carbocycles. The summed E-state index contributed by atoms with van der Waals surface area (Å²) in [6.45, 7) is 12.4. The van der Waals surface area contributed by atoms with Crippen LogP contribution in [0.5, 0.6) is 0 Å². The van der Waals surface area contributed by atoms with Crippen molar-refractivity contribution in [3.05, 3.63) is 0 Å². The third-order valence-corrected chi connectivity index (χ3v) is 6.42. The van der Waals surface area contributed by atoms with Gasteiger partial charge in [0.25, 0.3) is 0 Å². The van der Waals surface area contributed by atoms with Crippen LogP contribution in [0.2, 0.25) is 0 Å². The van der Waals surface area contributed by atoms with Crippen LogP contribution in [0.15, 0.2) is 0 Å². The molecule has 1 saturated heterocycles. The Bertz CT molecular complexity index is 336. The highest BCUT2D eigenvalue weighted by Crippen LogP contribution is 2.35. The van der Waals surface area contributed by atoms with Crippen molar-refractivity contribution in [1.82, 2.24) is 4.90 Å². The standard InChI is InChI=1S/C20H37NO/c1-5-16(4)18-8-6-17(7-9-18)14-21-12-10-19(11-13-21)20(22)15(2)3/h15-19H,5-14H2,1-4H3. The van der Waals surface area contributed by atoms with E-state index < -0.39 is 0 Å². The lowest BCUT2D eigenvalue weighted by Gasteiger charge is -2.37. The SMILES string of the molecule is CCC(C)C1CCC(CN2CCC(C(=O)C(C)C)CC2)CC1. The fraction of sp³-hybridized carbons (Fsp3) is 0.950. The fourth-order valence-corrected chi connectivity index (χ4v) is 4.51. The first-order chi connectivity index (χ1) is 10.5. The second-order valence-electron chi connectivity index (χ2n) is 8.30. The molecule has 2 aliphatic rings. The molecule has 1 unspecified atom stereocenters. The van der Waals surface area contributed by atoms with E-state index in [1.54, 1.807) is 0 Å². The molecule has 0 aromatic carbocycles. The van der Waals surface area contributed by atoms with Gasteiger partial charge in [0.15, 0.2) is 0 Å². The second kappa shape index (κ2) is 8.47. The quantitative estimate of drug-likeness (QED) is 0.704. The van der Waals surface area contributed by atoms with Crippen LogP contribution < -0.4 is 0 Å². The minimum absolute atomic E-state index is 0.215. The Labute approximate surface area is 138 Å². The molecule has 2 fully saturated rings. The van der Waals surface area contributed by atoms with Crippen LogP contribution in [0, 0.1) is 29.6 Å². The predicted molar refractivity (Wildman–Crippen MR) is 93.9 cm³/mol. The van der Waals surface area contributed by atoms with Gasteiger partial charge in [0, 0.05) is 18.4 Å². The van der Waals surface area contributed by atoms with E-state index in [-0.39, 0.29) is 5.92 Å². The summed E-state index contributed by atoms with van der Waals surface area (Å²) in [5, 5.41) is 0. The molecule has 1 aliphatic carbocycles. The summed E-state index contributed by atoms with van der Waals surface area (Å²) in [6, 6.07) is 0. The molecule has 2 heteroatoms. The second-order valence-corrected chi connectivity index (χ2v) is 8.30. The van der Waals surface area contributed by atoms with E-state index in [1.807, 2.05) is 13.8 Å². The Morgan fingerprint density at radius 1 is 1.00 bits per heavy atom. The summed E-state index contributed by atoms with van der Waals surface area (Å²) in [7, 11) is 0. The number of Topliss-reactive ketones (excluding diaryl/α,β-unsaturated/α-hetero) is 1. The lowest BCUT2D eigenvalue weighted by molar-refractivity contribution is -0.127. The molecule has 0 amide bonds. The van der Waals surface area contributed by atoms with Gasteiger partial charge in [-0.25, -0.2) is 0 Å². The van der Waals surface area contributed by atoms with Crippen molar-refractivity contribution in [2.45, 2.75) is 72.6 Å². The fourth-order valence-electron chi connectivity index (χ4n) is 4.51. The number of likely N-dealkylation sites (tertiary alicyclic amines) is 1. The summed E-state index contributed by atoms with van der Waals surface area (Å²) in [5.41, 5.74) is 0. The first-order valence-corrected chi connectivity index (χ1v) is 9.77. The molecule has 0 aromatic heterocycles. The Hall–Kier alpha value is -0.370.